The average Bonchev–Trinajstić information content (AvgIpc) is 2.69. The lowest BCUT2D eigenvalue weighted by molar-refractivity contribution is -0.0174. The van der Waals surface area contributed by atoms with E-state index in [9.17, 15) is 5.11 Å². The molecule has 0 bridgehead atoms. The molecular formula is C17H25Cl2NO. The Bertz CT molecular complexity index is 448. The quantitative estimate of drug-likeness (QED) is 0.819. The zero-order chi connectivity index (χ0) is 15.5. The number of hydrogen-bond donors (Lipinski definition) is 1. The fourth-order valence-corrected chi connectivity index (χ4v) is 4.08. The molecule has 0 radical (unpaired) electrons. The van der Waals surface area contributed by atoms with Crippen molar-refractivity contribution in [1.82, 2.24) is 4.90 Å². The van der Waals surface area contributed by atoms with Crippen LogP contribution in [0.5, 0.6) is 0 Å². The van der Waals surface area contributed by atoms with Crippen LogP contribution >= 0.6 is 23.2 Å². The van der Waals surface area contributed by atoms with Gasteiger partial charge in [-0.2, -0.15) is 0 Å². The van der Waals surface area contributed by atoms with Crippen LogP contribution in [0.3, 0.4) is 0 Å². The molecule has 0 aliphatic heterocycles. The molecule has 1 aliphatic rings. The summed E-state index contributed by atoms with van der Waals surface area (Å²) in [5, 5.41) is 12.2. The van der Waals surface area contributed by atoms with Crippen LogP contribution in [-0.4, -0.2) is 35.7 Å². The van der Waals surface area contributed by atoms with Gasteiger partial charge < -0.3 is 10.0 Å². The highest BCUT2D eigenvalue weighted by Crippen LogP contribution is 2.37. The number of halogens is 2. The van der Waals surface area contributed by atoms with Gasteiger partial charge in [0.2, 0.25) is 0 Å². The summed E-state index contributed by atoms with van der Waals surface area (Å²) >= 11 is 12.5. The summed E-state index contributed by atoms with van der Waals surface area (Å²) in [6, 6.07) is 5.52. The summed E-state index contributed by atoms with van der Waals surface area (Å²) in [4.78, 5) is 2.20. The monoisotopic (exact) mass is 329 g/mol. The molecule has 0 aromatic heterocycles. The average molecular weight is 330 g/mol. The minimum absolute atomic E-state index is 0.168. The Balaban J connectivity index is 2.24. The summed E-state index contributed by atoms with van der Waals surface area (Å²) < 4.78 is 0. The molecule has 1 N–H and O–H groups in total. The molecule has 1 aromatic rings. The number of nitrogens with zero attached hydrogens (tertiary/aromatic N) is 1. The van der Waals surface area contributed by atoms with Crippen LogP contribution < -0.4 is 0 Å². The fourth-order valence-electron chi connectivity index (χ4n) is 3.53. The number of benzene rings is 1. The van der Waals surface area contributed by atoms with Crippen molar-refractivity contribution < 1.29 is 5.11 Å². The van der Waals surface area contributed by atoms with Crippen LogP contribution in [0.4, 0.5) is 0 Å². The maximum atomic E-state index is 11.0. The molecule has 1 aliphatic carbocycles. The molecule has 0 spiro atoms. The molecular weight excluding hydrogens is 305 g/mol. The molecule has 4 heteroatoms. The molecule has 1 aromatic carbocycles. The van der Waals surface area contributed by atoms with Crippen molar-refractivity contribution in [3.05, 3.63) is 33.8 Å². The number of aliphatic hydroxyl groups excluding tert-OH is 1. The first-order valence-electron chi connectivity index (χ1n) is 7.76. The van der Waals surface area contributed by atoms with Crippen molar-refractivity contribution in [3.8, 4) is 0 Å². The second-order valence-electron chi connectivity index (χ2n) is 6.33. The van der Waals surface area contributed by atoms with Gasteiger partial charge in [0.05, 0.1) is 6.10 Å². The van der Waals surface area contributed by atoms with Crippen molar-refractivity contribution in [1.29, 1.82) is 0 Å². The van der Waals surface area contributed by atoms with Gasteiger partial charge in [0.1, 0.15) is 0 Å². The number of hydrogen-bond acceptors (Lipinski definition) is 2. The number of aliphatic hydroxyl groups is 1. The van der Waals surface area contributed by atoms with Crippen molar-refractivity contribution in [2.45, 2.75) is 56.6 Å². The number of likely N-dealkylation sites (N-methyl/N-ethyl adjacent to an activating group) is 1. The van der Waals surface area contributed by atoms with E-state index in [-0.39, 0.29) is 5.54 Å². The minimum Gasteiger partial charge on any atom is -0.391 e. The van der Waals surface area contributed by atoms with Crippen LogP contribution in [0.1, 0.15) is 44.1 Å². The van der Waals surface area contributed by atoms with Crippen molar-refractivity contribution in [2.24, 2.45) is 0 Å². The molecule has 0 amide bonds. The summed E-state index contributed by atoms with van der Waals surface area (Å²) in [5.41, 5.74) is 0.692. The maximum absolute atomic E-state index is 11.0. The van der Waals surface area contributed by atoms with Gasteiger partial charge in [-0.15, -0.1) is 0 Å². The minimum atomic E-state index is -0.456. The Morgan fingerprint density at radius 2 is 1.62 bits per heavy atom. The molecule has 0 heterocycles. The topological polar surface area (TPSA) is 23.5 Å². The van der Waals surface area contributed by atoms with Gasteiger partial charge in [0.15, 0.2) is 0 Å². The van der Waals surface area contributed by atoms with Gasteiger partial charge in [-0.3, -0.25) is 0 Å². The predicted octanol–water partition coefficient (Wildman–Crippen LogP) is 4.55. The van der Waals surface area contributed by atoms with Crippen molar-refractivity contribution >= 4 is 23.2 Å². The highest BCUT2D eigenvalue weighted by atomic mass is 35.5. The van der Waals surface area contributed by atoms with E-state index in [2.05, 4.69) is 19.0 Å². The van der Waals surface area contributed by atoms with E-state index in [4.69, 9.17) is 23.2 Å². The van der Waals surface area contributed by atoms with E-state index in [0.717, 1.165) is 18.4 Å². The maximum Gasteiger partial charge on any atom is 0.0764 e. The largest absolute Gasteiger partial charge is 0.391 e. The predicted molar refractivity (Wildman–Crippen MR) is 90.3 cm³/mol. The third-order valence-corrected chi connectivity index (χ3v) is 5.65. The van der Waals surface area contributed by atoms with Crippen molar-refractivity contribution in [2.75, 3.05) is 14.1 Å². The van der Waals surface area contributed by atoms with E-state index < -0.39 is 6.10 Å². The summed E-state index contributed by atoms with van der Waals surface area (Å²) in [6.45, 7) is 0. The lowest BCUT2D eigenvalue weighted by Crippen LogP contribution is -2.54. The first-order chi connectivity index (χ1) is 9.97. The van der Waals surface area contributed by atoms with E-state index >= 15 is 0 Å². The molecule has 1 saturated carbocycles. The van der Waals surface area contributed by atoms with Crippen LogP contribution in [0.25, 0.3) is 0 Å². The van der Waals surface area contributed by atoms with Crippen LogP contribution in [0.15, 0.2) is 18.2 Å². The SMILES string of the molecule is CN(C)C1(C(O)Cc2c(Cl)cccc2Cl)CCCCCC1. The summed E-state index contributed by atoms with van der Waals surface area (Å²) in [6.07, 6.45) is 6.98. The Labute approximate surface area is 138 Å². The van der Waals surface area contributed by atoms with Crippen LogP contribution in [0, 0.1) is 0 Å². The molecule has 1 atom stereocenters. The Morgan fingerprint density at radius 3 is 2.10 bits per heavy atom. The third kappa shape index (κ3) is 3.73. The lowest BCUT2D eigenvalue weighted by Gasteiger charge is -2.43. The summed E-state index contributed by atoms with van der Waals surface area (Å²) in [5.74, 6) is 0. The first-order valence-corrected chi connectivity index (χ1v) is 8.51. The van der Waals surface area contributed by atoms with Crippen LogP contribution in [0.2, 0.25) is 10.0 Å². The van der Waals surface area contributed by atoms with Gasteiger partial charge in [-0.25, -0.2) is 0 Å². The van der Waals surface area contributed by atoms with E-state index in [0.29, 0.717) is 16.5 Å². The van der Waals surface area contributed by atoms with E-state index in [1.807, 2.05) is 18.2 Å². The smallest absolute Gasteiger partial charge is 0.0764 e. The molecule has 2 rings (SSSR count). The normalized spacial score (nSPS) is 20.3. The molecule has 1 fully saturated rings. The Hall–Kier alpha value is -0.280. The second-order valence-corrected chi connectivity index (χ2v) is 7.15. The second kappa shape index (κ2) is 7.32. The van der Waals surface area contributed by atoms with Gasteiger partial charge in [0.25, 0.3) is 0 Å². The number of rotatable bonds is 4. The third-order valence-electron chi connectivity index (χ3n) is 4.94. The lowest BCUT2D eigenvalue weighted by atomic mass is 9.80. The highest BCUT2D eigenvalue weighted by Gasteiger charge is 2.40. The zero-order valence-corrected chi connectivity index (χ0v) is 14.4. The standard InChI is InChI=1S/C17H25Cl2NO/c1-20(2)17(10-5-3-4-6-11-17)16(21)12-13-14(18)8-7-9-15(13)19/h7-9,16,21H,3-6,10-12H2,1-2H3. The molecule has 2 nitrogen and oxygen atoms in total. The van der Waals surface area contributed by atoms with Gasteiger partial charge in [-0.1, -0.05) is 55.0 Å². The Kier molecular flexibility index (Phi) is 5.96. The molecule has 0 saturated heterocycles. The van der Waals surface area contributed by atoms with Gasteiger partial charge in [0, 0.05) is 22.0 Å². The zero-order valence-electron chi connectivity index (χ0n) is 12.9. The van der Waals surface area contributed by atoms with Crippen LogP contribution in [-0.2, 0) is 6.42 Å². The van der Waals surface area contributed by atoms with E-state index in [1.54, 1.807) is 0 Å². The van der Waals surface area contributed by atoms with Crippen molar-refractivity contribution in [3.63, 3.8) is 0 Å². The molecule has 118 valence electrons. The molecule has 21 heavy (non-hydrogen) atoms. The highest BCUT2D eigenvalue weighted by molar-refractivity contribution is 6.36. The fraction of sp³-hybridized carbons (Fsp3) is 0.647. The summed E-state index contributed by atoms with van der Waals surface area (Å²) in [7, 11) is 4.14. The molecule has 1 unspecified atom stereocenters. The van der Waals surface area contributed by atoms with Gasteiger partial charge in [-0.05, 0) is 44.6 Å². The Morgan fingerprint density at radius 1 is 1.10 bits per heavy atom. The first kappa shape index (κ1) is 17.1. The van der Waals surface area contributed by atoms with E-state index in [1.165, 1.54) is 25.7 Å². The van der Waals surface area contributed by atoms with Gasteiger partial charge >= 0.3 is 0 Å².